The summed E-state index contributed by atoms with van der Waals surface area (Å²) in [4.78, 5) is 11.4. The number of carbonyl (C=O) groups is 1. The lowest BCUT2D eigenvalue weighted by Gasteiger charge is -2.14. The standard InChI is InChI=1S/C21H24N2O4/c1-15-4-6-18(16(2)12-15)26-10-11-27-20-13-17(5-7-19(20)25-3)14-23-21(24)8-9-22/h4-7,12-13H,8,10-11,14H2,1-3H3,(H,23,24). The topological polar surface area (TPSA) is 80.6 Å². The van der Waals surface area contributed by atoms with Gasteiger partial charge in [0.15, 0.2) is 11.5 Å². The fourth-order valence-electron chi connectivity index (χ4n) is 2.54. The van der Waals surface area contributed by atoms with Crippen LogP contribution in [0.3, 0.4) is 0 Å². The van der Waals surface area contributed by atoms with Gasteiger partial charge in [0.05, 0.1) is 13.2 Å². The molecule has 0 unspecified atom stereocenters. The molecule has 27 heavy (non-hydrogen) atoms. The first-order valence-corrected chi connectivity index (χ1v) is 8.67. The Morgan fingerprint density at radius 1 is 1.04 bits per heavy atom. The lowest BCUT2D eigenvalue weighted by molar-refractivity contribution is -0.120. The highest BCUT2D eigenvalue weighted by Gasteiger charge is 2.08. The van der Waals surface area contributed by atoms with Gasteiger partial charge < -0.3 is 19.5 Å². The Morgan fingerprint density at radius 3 is 2.41 bits per heavy atom. The molecule has 2 aromatic carbocycles. The third-order valence-electron chi connectivity index (χ3n) is 3.89. The number of nitrogens with zero attached hydrogens (tertiary/aromatic N) is 1. The zero-order chi connectivity index (χ0) is 19.6. The molecule has 142 valence electrons. The molecule has 0 spiro atoms. The van der Waals surface area contributed by atoms with E-state index >= 15 is 0 Å². The molecule has 0 fully saturated rings. The summed E-state index contributed by atoms with van der Waals surface area (Å²) < 4.78 is 16.9. The smallest absolute Gasteiger partial charge is 0.234 e. The molecule has 0 radical (unpaired) electrons. The molecular weight excluding hydrogens is 344 g/mol. The highest BCUT2D eigenvalue weighted by atomic mass is 16.5. The molecule has 6 nitrogen and oxygen atoms in total. The van der Waals surface area contributed by atoms with Crippen molar-refractivity contribution in [3.63, 3.8) is 0 Å². The van der Waals surface area contributed by atoms with Crippen LogP contribution in [-0.4, -0.2) is 26.2 Å². The van der Waals surface area contributed by atoms with Gasteiger partial charge in [-0.2, -0.15) is 5.26 Å². The first kappa shape index (κ1) is 20.1. The van der Waals surface area contributed by atoms with Crippen LogP contribution in [0, 0.1) is 25.2 Å². The molecule has 0 bridgehead atoms. The molecule has 2 rings (SSSR count). The SMILES string of the molecule is COc1ccc(CNC(=O)CC#N)cc1OCCOc1ccc(C)cc1C. The molecule has 2 aromatic rings. The van der Waals surface area contributed by atoms with Crippen LogP contribution in [0.15, 0.2) is 36.4 Å². The Balaban J connectivity index is 1.91. The summed E-state index contributed by atoms with van der Waals surface area (Å²) in [6.07, 6.45) is -0.157. The monoisotopic (exact) mass is 368 g/mol. The van der Waals surface area contributed by atoms with Gasteiger partial charge >= 0.3 is 0 Å². The number of hydrogen-bond acceptors (Lipinski definition) is 5. The summed E-state index contributed by atoms with van der Waals surface area (Å²) in [7, 11) is 1.57. The molecule has 1 N–H and O–H groups in total. The molecule has 0 atom stereocenters. The lowest BCUT2D eigenvalue weighted by Crippen LogP contribution is -2.21. The van der Waals surface area contributed by atoms with Gasteiger partial charge in [-0.25, -0.2) is 0 Å². The quantitative estimate of drug-likeness (QED) is 0.687. The number of benzene rings is 2. The van der Waals surface area contributed by atoms with Crippen molar-refractivity contribution in [1.82, 2.24) is 5.32 Å². The van der Waals surface area contributed by atoms with Crippen LogP contribution in [0.25, 0.3) is 0 Å². The second-order valence-electron chi connectivity index (χ2n) is 6.06. The average molecular weight is 368 g/mol. The van der Waals surface area contributed by atoms with E-state index in [1.54, 1.807) is 13.2 Å². The van der Waals surface area contributed by atoms with Crippen molar-refractivity contribution in [2.24, 2.45) is 0 Å². The predicted molar refractivity (Wildman–Crippen MR) is 102 cm³/mol. The van der Waals surface area contributed by atoms with Gasteiger partial charge in [0.25, 0.3) is 0 Å². The normalized spacial score (nSPS) is 10.0. The van der Waals surface area contributed by atoms with E-state index in [4.69, 9.17) is 19.5 Å². The minimum atomic E-state index is -0.308. The number of hydrogen-bond donors (Lipinski definition) is 1. The van der Waals surface area contributed by atoms with Crippen LogP contribution in [0.4, 0.5) is 0 Å². The van der Waals surface area contributed by atoms with Crippen molar-refractivity contribution in [1.29, 1.82) is 5.26 Å². The van der Waals surface area contributed by atoms with Crippen LogP contribution in [-0.2, 0) is 11.3 Å². The van der Waals surface area contributed by atoms with E-state index < -0.39 is 0 Å². The maximum Gasteiger partial charge on any atom is 0.234 e. The fourth-order valence-corrected chi connectivity index (χ4v) is 2.54. The first-order valence-electron chi connectivity index (χ1n) is 8.67. The van der Waals surface area contributed by atoms with E-state index in [9.17, 15) is 4.79 Å². The van der Waals surface area contributed by atoms with Crippen molar-refractivity contribution in [3.05, 3.63) is 53.1 Å². The highest BCUT2D eigenvalue weighted by Crippen LogP contribution is 2.28. The lowest BCUT2D eigenvalue weighted by atomic mass is 10.1. The Hall–Kier alpha value is -3.20. The van der Waals surface area contributed by atoms with Crippen molar-refractivity contribution in [2.45, 2.75) is 26.8 Å². The summed E-state index contributed by atoms with van der Waals surface area (Å²) >= 11 is 0. The van der Waals surface area contributed by atoms with Gasteiger partial charge in [-0.15, -0.1) is 0 Å². The second kappa shape index (κ2) is 10.1. The molecule has 1 amide bonds. The Morgan fingerprint density at radius 2 is 1.74 bits per heavy atom. The van der Waals surface area contributed by atoms with Gasteiger partial charge in [-0.3, -0.25) is 4.79 Å². The van der Waals surface area contributed by atoms with Gasteiger partial charge in [0.2, 0.25) is 5.91 Å². The van der Waals surface area contributed by atoms with Crippen molar-refractivity contribution >= 4 is 5.91 Å². The maximum atomic E-state index is 11.4. The van der Waals surface area contributed by atoms with Gasteiger partial charge in [0.1, 0.15) is 25.4 Å². The molecule has 0 aliphatic rings. The van der Waals surface area contributed by atoms with E-state index in [0.717, 1.165) is 16.9 Å². The van der Waals surface area contributed by atoms with Crippen LogP contribution < -0.4 is 19.5 Å². The van der Waals surface area contributed by atoms with E-state index in [1.165, 1.54) is 5.56 Å². The molecule has 0 saturated carbocycles. The van der Waals surface area contributed by atoms with Crippen LogP contribution >= 0.6 is 0 Å². The van der Waals surface area contributed by atoms with Gasteiger partial charge in [-0.05, 0) is 43.2 Å². The molecule has 0 aliphatic carbocycles. The second-order valence-corrected chi connectivity index (χ2v) is 6.06. The van der Waals surface area contributed by atoms with Gasteiger partial charge in [0, 0.05) is 6.54 Å². The molecule has 0 heterocycles. The molecule has 6 heteroatoms. The van der Waals surface area contributed by atoms with E-state index in [-0.39, 0.29) is 12.3 Å². The minimum absolute atomic E-state index is 0.157. The predicted octanol–water partition coefficient (Wildman–Crippen LogP) is 3.30. The maximum absolute atomic E-state index is 11.4. The van der Waals surface area contributed by atoms with Crippen LogP contribution in [0.2, 0.25) is 0 Å². The zero-order valence-electron chi connectivity index (χ0n) is 15.9. The van der Waals surface area contributed by atoms with E-state index in [0.29, 0.717) is 31.3 Å². The molecular formula is C21H24N2O4. The summed E-state index contributed by atoms with van der Waals surface area (Å²) in [6.45, 7) is 5.13. The van der Waals surface area contributed by atoms with Crippen molar-refractivity contribution in [2.75, 3.05) is 20.3 Å². The first-order chi connectivity index (χ1) is 13.0. The highest BCUT2D eigenvalue weighted by molar-refractivity contribution is 5.77. The van der Waals surface area contributed by atoms with Crippen LogP contribution in [0.1, 0.15) is 23.1 Å². The number of aryl methyl sites for hydroxylation is 2. The molecule has 0 saturated heterocycles. The number of methoxy groups -OCH3 is 1. The average Bonchev–Trinajstić information content (AvgIpc) is 2.65. The Kier molecular flexibility index (Phi) is 7.50. The van der Waals surface area contributed by atoms with E-state index in [1.807, 2.05) is 44.2 Å². The molecule has 0 aromatic heterocycles. The number of nitrogens with one attached hydrogen (secondary N) is 1. The summed E-state index contributed by atoms with van der Waals surface area (Å²) in [6, 6.07) is 13.3. The third-order valence-corrected chi connectivity index (χ3v) is 3.89. The summed E-state index contributed by atoms with van der Waals surface area (Å²) in [5.74, 6) is 1.71. The number of ether oxygens (including phenoxy) is 3. The Labute approximate surface area is 159 Å². The summed E-state index contributed by atoms with van der Waals surface area (Å²) in [5.41, 5.74) is 3.13. The van der Waals surface area contributed by atoms with Crippen molar-refractivity contribution < 1.29 is 19.0 Å². The zero-order valence-corrected chi connectivity index (χ0v) is 15.9. The number of carbonyl (C=O) groups excluding carboxylic acids is 1. The number of rotatable bonds is 9. The minimum Gasteiger partial charge on any atom is -0.493 e. The number of nitriles is 1. The van der Waals surface area contributed by atoms with Crippen LogP contribution in [0.5, 0.6) is 17.2 Å². The third kappa shape index (κ3) is 6.23. The largest absolute Gasteiger partial charge is 0.493 e. The fraction of sp³-hybridized carbons (Fsp3) is 0.333. The Bertz CT molecular complexity index is 827. The summed E-state index contributed by atoms with van der Waals surface area (Å²) in [5, 5.41) is 11.2. The number of amides is 1. The molecule has 0 aliphatic heterocycles. The van der Waals surface area contributed by atoms with Gasteiger partial charge in [-0.1, -0.05) is 23.8 Å². The van der Waals surface area contributed by atoms with Crippen molar-refractivity contribution in [3.8, 4) is 23.3 Å². The van der Waals surface area contributed by atoms with E-state index in [2.05, 4.69) is 11.4 Å².